The predicted molar refractivity (Wildman–Crippen MR) is 94.7 cm³/mol. The molecule has 5 nitrogen and oxygen atoms in total. The Kier molecular flexibility index (Phi) is 8.18. The van der Waals surface area contributed by atoms with Crippen molar-refractivity contribution in [2.24, 2.45) is 0 Å². The fourth-order valence-electron chi connectivity index (χ4n) is 1.70. The van der Waals surface area contributed by atoms with Gasteiger partial charge in [0, 0.05) is 22.9 Å². The smallest absolute Gasteiger partial charge is 0.343 e. The zero-order valence-corrected chi connectivity index (χ0v) is 15.5. The lowest BCUT2D eigenvalue weighted by atomic mass is 10.0. The predicted octanol–water partition coefficient (Wildman–Crippen LogP) is 2.21. The quantitative estimate of drug-likeness (QED) is 0.129. The minimum Gasteiger partial charge on any atom is -0.462 e. The highest BCUT2D eigenvalue weighted by Crippen LogP contribution is 2.17. The van der Waals surface area contributed by atoms with Crippen molar-refractivity contribution in [2.75, 3.05) is 33.8 Å². The molecule has 0 aliphatic rings. The highest BCUT2D eigenvalue weighted by molar-refractivity contribution is 14.1. The van der Waals surface area contributed by atoms with Crippen molar-refractivity contribution in [3.63, 3.8) is 0 Å². The number of halogens is 2. The third-order valence-electron chi connectivity index (χ3n) is 2.86. The van der Waals surface area contributed by atoms with Crippen LogP contribution < -0.4 is 5.32 Å². The van der Waals surface area contributed by atoms with Gasteiger partial charge in [0.25, 0.3) is 0 Å². The van der Waals surface area contributed by atoms with Gasteiger partial charge in [0.1, 0.15) is 11.4 Å². The summed E-state index contributed by atoms with van der Waals surface area (Å²) in [5.74, 6) is -2.14. The van der Waals surface area contributed by atoms with Crippen LogP contribution in [-0.2, 0) is 9.53 Å². The number of ketones is 1. The Morgan fingerprint density at radius 1 is 1.39 bits per heavy atom. The fraction of sp³-hybridized carbons (Fsp3) is 0.375. The number of hydrogen-bond acceptors (Lipinski definition) is 5. The molecule has 0 fully saturated rings. The zero-order chi connectivity index (χ0) is 17.4. The SMILES string of the molecule is CCOC(=O)C(=CNCCN(C)C)C(=O)c1cc(I)ccc1F. The van der Waals surface area contributed by atoms with E-state index in [4.69, 9.17) is 4.74 Å². The van der Waals surface area contributed by atoms with Crippen molar-refractivity contribution < 1.29 is 18.7 Å². The summed E-state index contributed by atoms with van der Waals surface area (Å²) < 4.78 is 19.5. The minimum absolute atomic E-state index is 0.135. The summed E-state index contributed by atoms with van der Waals surface area (Å²) in [5, 5.41) is 2.89. The molecular weight excluding hydrogens is 414 g/mol. The molecule has 0 atom stereocenters. The fourth-order valence-corrected chi connectivity index (χ4v) is 2.20. The van der Waals surface area contributed by atoms with E-state index in [-0.39, 0.29) is 17.7 Å². The van der Waals surface area contributed by atoms with Gasteiger partial charge < -0.3 is 15.0 Å². The number of nitrogens with zero attached hydrogens (tertiary/aromatic N) is 1. The van der Waals surface area contributed by atoms with Gasteiger partial charge in [-0.05, 0) is 61.8 Å². The molecule has 23 heavy (non-hydrogen) atoms. The summed E-state index contributed by atoms with van der Waals surface area (Å²) in [4.78, 5) is 26.4. The van der Waals surface area contributed by atoms with Gasteiger partial charge in [-0.1, -0.05) is 0 Å². The van der Waals surface area contributed by atoms with Crippen LogP contribution in [0.25, 0.3) is 0 Å². The Bertz CT molecular complexity index is 603. The Labute approximate surface area is 149 Å². The monoisotopic (exact) mass is 434 g/mol. The van der Waals surface area contributed by atoms with Crippen molar-refractivity contribution in [2.45, 2.75) is 6.92 Å². The summed E-state index contributed by atoms with van der Waals surface area (Å²) in [7, 11) is 3.81. The van der Waals surface area contributed by atoms with E-state index in [2.05, 4.69) is 5.32 Å². The number of Topliss-reactive ketones (excluding diaryl/α,β-unsaturated/α-hetero) is 1. The van der Waals surface area contributed by atoms with Gasteiger partial charge in [0.05, 0.1) is 12.2 Å². The highest BCUT2D eigenvalue weighted by Gasteiger charge is 2.24. The van der Waals surface area contributed by atoms with Gasteiger partial charge >= 0.3 is 5.97 Å². The second-order valence-electron chi connectivity index (χ2n) is 4.99. The molecule has 0 heterocycles. The molecule has 0 aliphatic carbocycles. The molecular formula is C16H20FIN2O3. The van der Waals surface area contributed by atoms with Crippen molar-refractivity contribution >= 4 is 34.3 Å². The lowest BCUT2D eigenvalue weighted by Crippen LogP contribution is -2.26. The second-order valence-corrected chi connectivity index (χ2v) is 6.23. The van der Waals surface area contributed by atoms with Crippen LogP contribution in [0.2, 0.25) is 0 Å². The van der Waals surface area contributed by atoms with Crippen LogP contribution in [0, 0.1) is 9.39 Å². The molecule has 0 bridgehead atoms. The zero-order valence-electron chi connectivity index (χ0n) is 13.4. The van der Waals surface area contributed by atoms with E-state index in [1.165, 1.54) is 18.3 Å². The summed E-state index contributed by atoms with van der Waals surface area (Å²) in [6.45, 7) is 3.04. The van der Waals surface area contributed by atoms with Crippen LogP contribution in [0.1, 0.15) is 17.3 Å². The standard InChI is InChI=1S/C16H20FIN2O3/c1-4-23-16(22)13(10-19-7-8-20(2)3)15(21)12-9-11(18)5-6-14(12)17/h5-6,9-10,19H,4,7-8H2,1-3H3. The Hall–Kier alpha value is -1.48. The third-order valence-corrected chi connectivity index (χ3v) is 3.53. The number of carbonyl (C=O) groups excluding carboxylic acids is 2. The van der Waals surface area contributed by atoms with Crippen molar-refractivity contribution in [1.82, 2.24) is 10.2 Å². The number of rotatable bonds is 8. The van der Waals surface area contributed by atoms with Crippen LogP contribution in [0.5, 0.6) is 0 Å². The molecule has 0 aromatic heterocycles. The van der Waals surface area contributed by atoms with Crippen LogP contribution in [0.3, 0.4) is 0 Å². The topological polar surface area (TPSA) is 58.6 Å². The molecule has 0 spiro atoms. The molecule has 1 rings (SSSR count). The molecule has 0 saturated heterocycles. The maximum Gasteiger partial charge on any atom is 0.343 e. The van der Waals surface area contributed by atoms with E-state index in [0.717, 1.165) is 6.54 Å². The van der Waals surface area contributed by atoms with Gasteiger partial charge in [0.2, 0.25) is 5.78 Å². The first-order valence-corrected chi connectivity index (χ1v) is 8.19. The van der Waals surface area contributed by atoms with Crippen LogP contribution >= 0.6 is 22.6 Å². The third kappa shape index (κ3) is 6.26. The van der Waals surface area contributed by atoms with Gasteiger partial charge in [-0.2, -0.15) is 0 Å². The highest BCUT2D eigenvalue weighted by atomic mass is 127. The molecule has 1 aromatic rings. The molecule has 7 heteroatoms. The van der Waals surface area contributed by atoms with E-state index in [1.54, 1.807) is 13.0 Å². The first-order valence-electron chi connectivity index (χ1n) is 7.12. The molecule has 1 N–H and O–H groups in total. The minimum atomic E-state index is -0.770. The second kappa shape index (κ2) is 9.61. The van der Waals surface area contributed by atoms with Gasteiger partial charge in [0.15, 0.2) is 0 Å². The lowest BCUT2D eigenvalue weighted by Gasteiger charge is -2.11. The maximum atomic E-state index is 13.9. The van der Waals surface area contributed by atoms with E-state index < -0.39 is 17.6 Å². The number of esters is 1. The molecule has 126 valence electrons. The summed E-state index contributed by atoms with van der Waals surface area (Å²) in [6.07, 6.45) is 1.29. The number of carbonyl (C=O) groups is 2. The molecule has 0 amide bonds. The van der Waals surface area contributed by atoms with E-state index >= 15 is 0 Å². The molecule has 0 saturated carbocycles. The van der Waals surface area contributed by atoms with Crippen molar-refractivity contribution in [1.29, 1.82) is 0 Å². The summed E-state index contributed by atoms with van der Waals surface area (Å²) >= 11 is 1.98. The van der Waals surface area contributed by atoms with Crippen LogP contribution in [-0.4, -0.2) is 50.4 Å². The van der Waals surface area contributed by atoms with Crippen molar-refractivity contribution in [3.8, 4) is 0 Å². The van der Waals surface area contributed by atoms with E-state index in [9.17, 15) is 14.0 Å². The number of hydrogen-bond donors (Lipinski definition) is 1. The lowest BCUT2D eigenvalue weighted by molar-refractivity contribution is -0.138. The number of ether oxygens (including phenoxy) is 1. The normalized spacial score (nSPS) is 11.5. The average Bonchev–Trinajstić information content (AvgIpc) is 2.49. The number of nitrogens with one attached hydrogen (secondary N) is 1. The average molecular weight is 434 g/mol. The van der Waals surface area contributed by atoms with E-state index in [1.807, 2.05) is 41.6 Å². The summed E-state index contributed by atoms with van der Waals surface area (Å²) in [5.41, 5.74) is -0.364. The van der Waals surface area contributed by atoms with Gasteiger partial charge in [-0.3, -0.25) is 4.79 Å². The Balaban J connectivity index is 3.03. The Morgan fingerprint density at radius 2 is 2.09 bits per heavy atom. The molecule has 0 radical (unpaired) electrons. The maximum absolute atomic E-state index is 13.9. The van der Waals surface area contributed by atoms with Gasteiger partial charge in [-0.15, -0.1) is 0 Å². The molecule has 0 aliphatic heterocycles. The summed E-state index contributed by atoms with van der Waals surface area (Å²) in [6, 6.07) is 4.16. The van der Waals surface area contributed by atoms with E-state index in [0.29, 0.717) is 10.1 Å². The molecule has 0 unspecified atom stereocenters. The van der Waals surface area contributed by atoms with Crippen LogP contribution in [0.15, 0.2) is 30.0 Å². The van der Waals surface area contributed by atoms with Crippen LogP contribution in [0.4, 0.5) is 4.39 Å². The van der Waals surface area contributed by atoms with Gasteiger partial charge in [-0.25, -0.2) is 9.18 Å². The molecule has 1 aromatic carbocycles. The Morgan fingerprint density at radius 3 is 2.70 bits per heavy atom. The first kappa shape index (κ1) is 19.6. The number of likely N-dealkylation sites (N-methyl/N-ethyl adjacent to an activating group) is 1. The first-order chi connectivity index (χ1) is 10.9. The van der Waals surface area contributed by atoms with Crippen molar-refractivity contribution in [3.05, 3.63) is 44.9 Å². The number of benzene rings is 1. The largest absolute Gasteiger partial charge is 0.462 e.